The second-order valence-corrected chi connectivity index (χ2v) is 7.29. The number of ether oxygens (including phenoxy) is 2. The zero-order chi connectivity index (χ0) is 16.7. The average molecular weight is 319 g/mol. The van der Waals surface area contributed by atoms with Gasteiger partial charge in [-0.15, -0.1) is 0 Å². The number of hydrogen-bond donors (Lipinski definition) is 0. The van der Waals surface area contributed by atoms with Crippen molar-refractivity contribution in [2.45, 2.75) is 83.8 Å². The second kappa shape index (κ2) is 9.32. The van der Waals surface area contributed by atoms with Gasteiger partial charge in [0.25, 0.3) is 0 Å². The molecule has 0 N–H and O–H groups in total. The van der Waals surface area contributed by atoms with Crippen molar-refractivity contribution in [3.63, 3.8) is 0 Å². The summed E-state index contributed by atoms with van der Waals surface area (Å²) in [5.74, 6) is 2.70. The maximum Gasteiger partial charge on any atom is 0.119 e. The summed E-state index contributed by atoms with van der Waals surface area (Å²) in [5, 5.41) is 0. The first-order valence-corrected chi connectivity index (χ1v) is 9.41. The Kier molecular flexibility index (Phi) is 7.42. The molecule has 130 valence electrons. The van der Waals surface area contributed by atoms with Crippen molar-refractivity contribution in [1.82, 2.24) is 0 Å². The lowest BCUT2D eigenvalue weighted by molar-refractivity contribution is 0.0719. The summed E-state index contributed by atoms with van der Waals surface area (Å²) in [7, 11) is 1.75. The Hall–Kier alpha value is -1.02. The molecule has 1 aliphatic carbocycles. The van der Waals surface area contributed by atoms with Gasteiger partial charge in [0.2, 0.25) is 0 Å². The zero-order valence-electron chi connectivity index (χ0n) is 15.4. The monoisotopic (exact) mass is 318 g/mol. The molecule has 1 fully saturated rings. The van der Waals surface area contributed by atoms with Gasteiger partial charge in [0.15, 0.2) is 0 Å². The third-order valence-corrected chi connectivity index (χ3v) is 5.30. The van der Waals surface area contributed by atoms with E-state index < -0.39 is 0 Å². The molecule has 2 nitrogen and oxygen atoms in total. The third-order valence-electron chi connectivity index (χ3n) is 5.30. The van der Waals surface area contributed by atoms with E-state index in [9.17, 15) is 0 Å². The Morgan fingerprint density at radius 2 is 1.65 bits per heavy atom. The molecule has 2 rings (SSSR count). The van der Waals surface area contributed by atoms with Gasteiger partial charge >= 0.3 is 0 Å². The molecule has 0 aliphatic heterocycles. The first kappa shape index (κ1) is 18.3. The lowest BCUT2D eigenvalue weighted by Gasteiger charge is -2.28. The molecule has 1 aliphatic rings. The van der Waals surface area contributed by atoms with Gasteiger partial charge in [0.05, 0.1) is 12.2 Å². The fraction of sp³-hybridized carbons (Fsp3) is 0.714. The van der Waals surface area contributed by atoms with E-state index >= 15 is 0 Å². The highest BCUT2D eigenvalue weighted by molar-refractivity contribution is 5.29. The van der Waals surface area contributed by atoms with E-state index in [2.05, 4.69) is 45.0 Å². The molecule has 23 heavy (non-hydrogen) atoms. The normalized spacial score (nSPS) is 24.2. The SMILES string of the molecule is CCCC1CCC(c2ccc(OC(C)CC(C)OC)cc2)CC1. The van der Waals surface area contributed by atoms with Gasteiger partial charge in [-0.1, -0.05) is 31.9 Å². The molecule has 0 bridgehead atoms. The summed E-state index contributed by atoms with van der Waals surface area (Å²) in [6.45, 7) is 6.50. The van der Waals surface area contributed by atoms with Crippen LogP contribution in [0, 0.1) is 5.92 Å². The molecule has 0 radical (unpaired) electrons. The van der Waals surface area contributed by atoms with Crippen LogP contribution in [0.25, 0.3) is 0 Å². The number of methoxy groups -OCH3 is 1. The van der Waals surface area contributed by atoms with Gasteiger partial charge in [-0.2, -0.15) is 0 Å². The van der Waals surface area contributed by atoms with Crippen molar-refractivity contribution in [3.05, 3.63) is 29.8 Å². The van der Waals surface area contributed by atoms with E-state index in [1.54, 1.807) is 7.11 Å². The van der Waals surface area contributed by atoms with Gasteiger partial charge < -0.3 is 9.47 Å². The van der Waals surface area contributed by atoms with E-state index in [-0.39, 0.29) is 12.2 Å². The van der Waals surface area contributed by atoms with Crippen molar-refractivity contribution in [2.24, 2.45) is 5.92 Å². The van der Waals surface area contributed by atoms with Crippen molar-refractivity contribution in [2.75, 3.05) is 7.11 Å². The van der Waals surface area contributed by atoms with Crippen LogP contribution in [0.1, 0.15) is 77.2 Å². The fourth-order valence-corrected chi connectivity index (χ4v) is 3.86. The van der Waals surface area contributed by atoms with Crippen molar-refractivity contribution in [3.8, 4) is 5.75 Å². The quantitative estimate of drug-likeness (QED) is 0.589. The zero-order valence-corrected chi connectivity index (χ0v) is 15.4. The van der Waals surface area contributed by atoms with Gasteiger partial charge in [-0.3, -0.25) is 0 Å². The number of hydrogen-bond acceptors (Lipinski definition) is 2. The van der Waals surface area contributed by atoms with Crippen LogP contribution in [0.15, 0.2) is 24.3 Å². The molecule has 0 amide bonds. The summed E-state index contributed by atoms with van der Waals surface area (Å²) in [6, 6.07) is 8.82. The molecule has 2 heteroatoms. The van der Waals surface area contributed by atoms with Gasteiger partial charge in [0, 0.05) is 13.5 Å². The Balaban J connectivity index is 1.83. The third kappa shape index (κ3) is 5.84. The summed E-state index contributed by atoms with van der Waals surface area (Å²) in [5.41, 5.74) is 1.49. The molecule has 0 spiro atoms. The Morgan fingerprint density at radius 1 is 1.00 bits per heavy atom. The van der Waals surface area contributed by atoms with E-state index in [4.69, 9.17) is 9.47 Å². The second-order valence-electron chi connectivity index (χ2n) is 7.29. The van der Waals surface area contributed by atoms with E-state index in [1.807, 2.05) is 0 Å². The lowest BCUT2D eigenvalue weighted by atomic mass is 9.77. The average Bonchev–Trinajstić information content (AvgIpc) is 2.56. The standard InChI is InChI=1S/C21H34O2/c1-5-6-18-7-9-19(10-8-18)20-11-13-21(14-12-20)23-17(3)15-16(2)22-4/h11-14,16-19H,5-10,15H2,1-4H3. The summed E-state index contributed by atoms with van der Waals surface area (Å²) in [6.07, 6.45) is 9.60. The Labute approximate surface area is 142 Å². The van der Waals surface area contributed by atoms with Gasteiger partial charge in [-0.25, -0.2) is 0 Å². The molecule has 1 aromatic carbocycles. The molecular weight excluding hydrogens is 284 g/mol. The fourth-order valence-electron chi connectivity index (χ4n) is 3.86. The molecule has 0 aromatic heterocycles. The highest BCUT2D eigenvalue weighted by Crippen LogP contribution is 2.37. The lowest BCUT2D eigenvalue weighted by Crippen LogP contribution is -2.19. The first-order chi connectivity index (χ1) is 11.1. The van der Waals surface area contributed by atoms with Crippen LogP contribution in [-0.2, 0) is 4.74 Å². The predicted molar refractivity (Wildman–Crippen MR) is 97.2 cm³/mol. The molecular formula is C21H34O2. The maximum absolute atomic E-state index is 6.00. The molecule has 1 aromatic rings. The summed E-state index contributed by atoms with van der Waals surface area (Å²) < 4.78 is 11.3. The van der Waals surface area contributed by atoms with E-state index in [0.29, 0.717) is 0 Å². The van der Waals surface area contributed by atoms with Crippen LogP contribution in [-0.4, -0.2) is 19.3 Å². The minimum Gasteiger partial charge on any atom is -0.491 e. The molecule has 2 atom stereocenters. The predicted octanol–water partition coefficient (Wildman–Crippen LogP) is 5.95. The molecule has 0 saturated heterocycles. The number of benzene rings is 1. The van der Waals surface area contributed by atoms with Crippen molar-refractivity contribution < 1.29 is 9.47 Å². The highest BCUT2D eigenvalue weighted by Gasteiger charge is 2.21. The topological polar surface area (TPSA) is 18.5 Å². The summed E-state index contributed by atoms with van der Waals surface area (Å²) >= 11 is 0. The van der Waals surface area contributed by atoms with Crippen LogP contribution in [0.5, 0.6) is 5.75 Å². The van der Waals surface area contributed by atoms with Crippen LogP contribution < -0.4 is 4.74 Å². The minimum absolute atomic E-state index is 0.181. The van der Waals surface area contributed by atoms with Crippen molar-refractivity contribution >= 4 is 0 Å². The van der Waals surface area contributed by atoms with Gasteiger partial charge in [-0.05, 0) is 69.1 Å². The van der Waals surface area contributed by atoms with Gasteiger partial charge in [0.1, 0.15) is 5.75 Å². The van der Waals surface area contributed by atoms with Crippen LogP contribution in [0.4, 0.5) is 0 Å². The number of rotatable bonds is 8. The molecule has 2 unspecified atom stereocenters. The van der Waals surface area contributed by atoms with E-state index in [1.165, 1.54) is 44.1 Å². The molecule has 0 heterocycles. The van der Waals surface area contributed by atoms with Crippen LogP contribution >= 0.6 is 0 Å². The molecule has 1 saturated carbocycles. The van der Waals surface area contributed by atoms with Crippen LogP contribution in [0.2, 0.25) is 0 Å². The van der Waals surface area contributed by atoms with Crippen LogP contribution in [0.3, 0.4) is 0 Å². The first-order valence-electron chi connectivity index (χ1n) is 9.41. The Morgan fingerprint density at radius 3 is 2.22 bits per heavy atom. The summed E-state index contributed by atoms with van der Waals surface area (Å²) in [4.78, 5) is 0. The van der Waals surface area contributed by atoms with Crippen molar-refractivity contribution in [1.29, 1.82) is 0 Å². The Bertz CT molecular complexity index is 432. The largest absolute Gasteiger partial charge is 0.491 e. The maximum atomic E-state index is 6.00. The van der Waals surface area contributed by atoms with E-state index in [0.717, 1.165) is 24.0 Å². The minimum atomic E-state index is 0.181. The smallest absolute Gasteiger partial charge is 0.119 e. The highest BCUT2D eigenvalue weighted by atomic mass is 16.5.